The molecular weight excluding hydrogens is 248 g/mol. The van der Waals surface area contributed by atoms with E-state index >= 15 is 0 Å². The summed E-state index contributed by atoms with van der Waals surface area (Å²) >= 11 is 1.71. The standard InChI is InChI=1S/C14H14O3S/c1-15-11-4-2-10(3-5-11)12-6-7-13(18-12)14-16-8-9-17-14/h2-7,14H,8-9H2,1H3. The van der Waals surface area contributed by atoms with Crippen molar-refractivity contribution in [1.29, 1.82) is 0 Å². The molecule has 18 heavy (non-hydrogen) atoms. The second-order valence-corrected chi connectivity index (χ2v) is 5.12. The molecule has 1 aliphatic heterocycles. The van der Waals surface area contributed by atoms with Gasteiger partial charge in [0.2, 0.25) is 0 Å². The molecule has 1 fully saturated rings. The molecule has 3 rings (SSSR count). The Balaban J connectivity index is 1.82. The summed E-state index contributed by atoms with van der Waals surface area (Å²) in [7, 11) is 1.67. The van der Waals surface area contributed by atoms with Crippen LogP contribution in [0.1, 0.15) is 11.2 Å². The summed E-state index contributed by atoms with van der Waals surface area (Å²) in [6, 6.07) is 12.2. The number of methoxy groups -OCH3 is 1. The second-order valence-electron chi connectivity index (χ2n) is 4.00. The van der Waals surface area contributed by atoms with Crippen LogP contribution in [0.2, 0.25) is 0 Å². The smallest absolute Gasteiger partial charge is 0.193 e. The van der Waals surface area contributed by atoms with E-state index in [9.17, 15) is 0 Å². The van der Waals surface area contributed by atoms with Gasteiger partial charge in [0.1, 0.15) is 5.75 Å². The third-order valence-corrected chi connectivity index (χ3v) is 4.01. The molecule has 0 N–H and O–H groups in total. The van der Waals surface area contributed by atoms with Crippen LogP contribution in [-0.2, 0) is 9.47 Å². The minimum absolute atomic E-state index is 0.179. The zero-order valence-corrected chi connectivity index (χ0v) is 10.9. The van der Waals surface area contributed by atoms with E-state index in [4.69, 9.17) is 14.2 Å². The number of thiophene rings is 1. The minimum Gasteiger partial charge on any atom is -0.497 e. The van der Waals surface area contributed by atoms with Crippen LogP contribution in [0.3, 0.4) is 0 Å². The molecule has 0 radical (unpaired) electrons. The Kier molecular flexibility index (Phi) is 3.32. The van der Waals surface area contributed by atoms with Gasteiger partial charge in [-0.25, -0.2) is 0 Å². The molecule has 0 aliphatic carbocycles. The molecular formula is C14H14O3S. The van der Waals surface area contributed by atoms with Gasteiger partial charge in [0, 0.05) is 4.88 Å². The largest absolute Gasteiger partial charge is 0.497 e. The van der Waals surface area contributed by atoms with Crippen LogP contribution in [0.4, 0.5) is 0 Å². The first-order valence-corrected chi connectivity index (χ1v) is 6.66. The summed E-state index contributed by atoms with van der Waals surface area (Å²) in [5.41, 5.74) is 1.19. The topological polar surface area (TPSA) is 27.7 Å². The van der Waals surface area contributed by atoms with Crippen LogP contribution in [0.15, 0.2) is 36.4 Å². The summed E-state index contributed by atoms with van der Waals surface area (Å²) in [6.45, 7) is 1.36. The number of ether oxygens (including phenoxy) is 3. The van der Waals surface area contributed by atoms with Crippen LogP contribution >= 0.6 is 11.3 Å². The highest BCUT2D eigenvalue weighted by molar-refractivity contribution is 7.15. The highest BCUT2D eigenvalue weighted by Gasteiger charge is 2.20. The molecule has 1 aliphatic rings. The fourth-order valence-electron chi connectivity index (χ4n) is 1.91. The van der Waals surface area contributed by atoms with Crippen molar-refractivity contribution in [3.05, 3.63) is 41.3 Å². The summed E-state index contributed by atoms with van der Waals surface area (Å²) in [6.07, 6.45) is -0.179. The number of rotatable bonds is 3. The first-order valence-electron chi connectivity index (χ1n) is 5.84. The first kappa shape index (κ1) is 11.7. The average Bonchev–Trinajstić information content (AvgIpc) is 3.09. The highest BCUT2D eigenvalue weighted by atomic mass is 32.1. The quantitative estimate of drug-likeness (QED) is 0.847. The van der Waals surface area contributed by atoms with Crippen molar-refractivity contribution in [2.75, 3.05) is 20.3 Å². The van der Waals surface area contributed by atoms with Gasteiger partial charge < -0.3 is 14.2 Å². The summed E-state index contributed by atoms with van der Waals surface area (Å²) in [4.78, 5) is 2.34. The number of benzene rings is 1. The molecule has 94 valence electrons. The zero-order valence-electron chi connectivity index (χ0n) is 10.1. The van der Waals surface area contributed by atoms with Gasteiger partial charge >= 0.3 is 0 Å². The average molecular weight is 262 g/mol. The summed E-state index contributed by atoms with van der Waals surface area (Å²) < 4.78 is 16.1. The molecule has 1 aromatic carbocycles. The minimum atomic E-state index is -0.179. The van der Waals surface area contributed by atoms with Gasteiger partial charge in [-0.2, -0.15) is 0 Å². The van der Waals surface area contributed by atoms with Crippen LogP contribution in [0.25, 0.3) is 10.4 Å². The molecule has 0 bridgehead atoms. The van der Waals surface area contributed by atoms with Gasteiger partial charge in [-0.15, -0.1) is 11.3 Å². The predicted octanol–water partition coefficient (Wildman–Crippen LogP) is 3.47. The zero-order chi connectivity index (χ0) is 12.4. The lowest BCUT2D eigenvalue weighted by atomic mass is 10.2. The molecule has 2 aromatic rings. The van der Waals surface area contributed by atoms with Crippen molar-refractivity contribution in [3.63, 3.8) is 0 Å². The molecule has 0 unspecified atom stereocenters. The maximum Gasteiger partial charge on any atom is 0.193 e. The molecule has 4 heteroatoms. The van der Waals surface area contributed by atoms with E-state index in [-0.39, 0.29) is 6.29 Å². The Hall–Kier alpha value is -1.36. The molecule has 0 amide bonds. The van der Waals surface area contributed by atoms with Crippen molar-refractivity contribution < 1.29 is 14.2 Å². The van der Waals surface area contributed by atoms with Gasteiger partial charge in [0.15, 0.2) is 6.29 Å². The lowest BCUT2D eigenvalue weighted by Crippen LogP contribution is -1.93. The molecule has 0 saturated carbocycles. The maximum absolute atomic E-state index is 5.49. The van der Waals surface area contributed by atoms with Gasteiger partial charge in [0.25, 0.3) is 0 Å². The molecule has 3 nitrogen and oxygen atoms in total. The molecule has 1 saturated heterocycles. The predicted molar refractivity (Wildman–Crippen MR) is 71.0 cm³/mol. The number of hydrogen-bond acceptors (Lipinski definition) is 4. The van der Waals surface area contributed by atoms with E-state index in [0.29, 0.717) is 13.2 Å². The van der Waals surface area contributed by atoms with E-state index in [2.05, 4.69) is 24.3 Å². The van der Waals surface area contributed by atoms with Crippen LogP contribution < -0.4 is 4.74 Å². The van der Waals surface area contributed by atoms with E-state index in [1.54, 1.807) is 18.4 Å². The Bertz CT molecular complexity index is 512. The van der Waals surface area contributed by atoms with Crippen molar-refractivity contribution in [2.45, 2.75) is 6.29 Å². The Morgan fingerprint density at radius 3 is 2.44 bits per heavy atom. The summed E-state index contributed by atoms with van der Waals surface area (Å²) in [5, 5.41) is 0. The van der Waals surface area contributed by atoms with Gasteiger partial charge in [-0.05, 0) is 42.0 Å². The monoisotopic (exact) mass is 262 g/mol. The third-order valence-electron chi connectivity index (χ3n) is 2.86. The third kappa shape index (κ3) is 2.27. The Labute approximate surface area is 110 Å². The second kappa shape index (κ2) is 5.10. The number of hydrogen-bond donors (Lipinski definition) is 0. The van der Waals surface area contributed by atoms with Gasteiger partial charge in [-0.1, -0.05) is 0 Å². The van der Waals surface area contributed by atoms with Gasteiger partial charge in [-0.3, -0.25) is 0 Å². The lowest BCUT2D eigenvalue weighted by Gasteiger charge is -2.05. The molecule has 0 atom stereocenters. The Morgan fingerprint density at radius 1 is 1.06 bits per heavy atom. The fraction of sp³-hybridized carbons (Fsp3) is 0.286. The van der Waals surface area contributed by atoms with E-state index in [0.717, 1.165) is 10.6 Å². The lowest BCUT2D eigenvalue weighted by molar-refractivity contribution is -0.0413. The summed E-state index contributed by atoms with van der Waals surface area (Å²) in [5.74, 6) is 0.873. The highest BCUT2D eigenvalue weighted by Crippen LogP contribution is 2.35. The SMILES string of the molecule is COc1ccc(-c2ccc(C3OCCO3)s2)cc1. The molecule has 0 spiro atoms. The van der Waals surface area contributed by atoms with Crippen LogP contribution in [0, 0.1) is 0 Å². The van der Waals surface area contributed by atoms with Crippen LogP contribution in [0.5, 0.6) is 5.75 Å². The van der Waals surface area contributed by atoms with Crippen molar-refractivity contribution in [1.82, 2.24) is 0 Å². The van der Waals surface area contributed by atoms with Crippen molar-refractivity contribution in [3.8, 4) is 16.2 Å². The van der Waals surface area contributed by atoms with E-state index in [1.165, 1.54) is 10.4 Å². The van der Waals surface area contributed by atoms with Crippen molar-refractivity contribution >= 4 is 11.3 Å². The molecule has 1 aromatic heterocycles. The van der Waals surface area contributed by atoms with Gasteiger partial charge in [0.05, 0.1) is 25.2 Å². The van der Waals surface area contributed by atoms with E-state index < -0.39 is 0 Å². The molecule has 2 heterocycles. The first-order chi connectivity index (χ1) is 8.86. The fourth-order valence-corrected chi connectivity index (χ4v) is 2.92. The van der Waals surface area contributed by atoms with Crippen LogP contribution in [-0.4, -0.2) is 20.3 Å². The van der Waals surface area contributed by atoms with Crippen molar-refractivity contribution in [2.24, 2.45) is 0 Å². The Morgan fingerprint density at radius 2 is 1.78 bits per heavy atom. The normalized spacial score (nSPS) is 16.1. The van der Waals surface area contributed by atoms with E-state index in [1.807, 2.05) is 12.1 Å². The maximum atomic E-state index is 5.49.